The molecule has 0 fully saturated rings. The van der Waals surface area contributed by atoms with Crippen LogP contribution in [0.1, 0.15) is 45.4 Å². The molecule has 0 atom stereocenters. The second-order valence-corrected chi connectivity index (χ2v) is 4.14. The van der Waals surface area contributed by atoms with E-state index in [0.29, 0.717) is 5.75 Å². The van der Waals surface area contributed by atoms with Gasteiger partial charge in [-0.1, -0.05) is 57.2 Å². The van der Waals surface area contributed by atoms with Crippen molar-refractivity contribution in [3.63, 3.8) is 0 Å². The van der Waals surface area contributed by atoms with Crippen molar-refractivity contribution in [1.29, 1.82) is 0 Å². The van der Waals surface area contributed by atoms with Crippen LogP contribution in [-0.4, -0.2) is 5.97 Å². The second kappa shape index (κ2) is 8.80. The number of hydrogen-bond donors (Lipinski definition) is 0. The molecule has 0 amide bonds. The van der Waals surface area contributed by atoms with Crippen molar-refractivity contribution in [2.45, 2.75) is 45.4 Å². The van der Waals surface area contributed by atoms with Crippen molar-refractivity contribution in [2.24, 2.45) is 0 Å². The predicted octanol–water partition coefficient (Wildman–Crippen LogP) is 4.16. The van der Waals surface area contributed by atoms with Crippen molar-refractivity contribution < 1.29 is 9.53 Å². The van der Waals surface area contributed by atoms with Gasteiger partial charge in [-0.25, -0.2) is 0 Å². The van der Waals surface area contributed by atoms with Gasteiger partial charge in [0.05, 0.1) is 6.42 Å². The summed E-state index contributed by atoms with van der Waals surface area (Å²) >= 11 is 0. The van der Waals surface area contributed by atoms with Crippen molar-refractivity contribution in [2.75, 3.05) is 0 Å². The third kappa shape index (κ3) is 6.77. The van der Waals surface area contributed by atoms with Gasteiger partial charge < -0.3 is 4.74 Å². The molecular weight excluding hydrogens is 212 g/mol. The molecule has 93 valence electrons. The van der Waals surface area contributed by atoms with E-state index in [1.165, 1.54) is 25.7 Å². The molecule has 1 aromatic carbocycles. The zero-order valence-corrected chi connectivity index (χ0v) is 10.5. The molecule has 0 heterocycles. The molecule has 2 heteroatoms. The minimum atomic E-state index is -0.244. The van der Waals surface area contributed by atoms with E-state index in [4.69, 9.17) is 4.74 Å². The molecule has 0 spiro atoms. The van der Waals surface area contributed by atoms with Crippen LogP contribution in [0.4, 0.5) is 0 Å². The summed E-state index contributed by atoms with van der Waals surface area (Å²) < 4.78 is 5.15. The second-order valence-electron chi connectivity index (χ2n) is 4.14. The van der Waals surface area contributed by atoms with E-state index in [1.54, 1.807) is 18.6 Å². The van der Waals surface area contributed by atoms with Crippen molar-refractivity contribution in [1.82, 2.24) is 0 Å². The molecule has 0 N–H and O–H groups in total. The van der Waals surface area contributed by atoms with E-state index in [2.05, 4.69) is 6.92 Å². The van der Waals surface area contributed by atoms with Gasteiger partial charge in [-0.15, -0.1) is 0 Å². The Hall–Kier alpha value is -1.31. The summed E-state index contributed by atoms with van der Waals surface area (Å²) in [6, 6.07) is 9.18. The SMILES string of the molecule is CCCCCCC[CH]C(=O)Oc1ccccc1. The molecule has 0 aromatic heterocycles. The van der Waals surface area contributed by atoms with Gasteiger partial charge in [0.2, 0.25) is 0 Å². The average Bonchev–Trinajstić information content (AvgIpc) is 2.35. The molecule has 1 aromatic rings. The van der Waals surface area contributed by atoms with Crippen LogP contribution < -0.4 is 4.74 Å². The molecule has 0 aliphatic rings. The fourth-order valence-electron chi connectivity index (χ4n) is 1.61. The van der Waals surface area contributed by atoms with Crippen LogP contribution in [0.25, 0.3) is 0 Å². The normalized spacial score (nSPS) is 10.2. The zero-order chi connectivity index (χ0) is 12.3. The first-order valence-corrected chi connectivity index (χ1v) is 6.43. The van der Waals surface area contributed by atoms with Gasteiger partial charge in [-0.2, -0.15) is 0 Å². The third-order valence-corrected chi connectivity index (χ3v) is 2.58. The zero-order valence-electron chi connectivity index (χ0n) is 10.5. The fourth-order valence-corrected chi connectivity index (χ4v) is 1.61. The van der Waals surface area contributed by atoms with Crippen LogP contribution >= 0.6 is 0 Å². The Morgan fingerprint density at radius 2 is 1.82 bits per heavy atom. The lowest BCUT2D eigenvalue weighted by Crippen LogP contribution is -2.08. The summed E-state index contributed by atoms with van der Waals surface area (Å²) in [5.74, 6) is 0.367. The molecule has 0 saturated carbocycles. The van der Waals surface area contributed by atoms with Crippen LogP contribution in [0, 0.1) is 6.42 Å². The summed E-state index contributed by atoms with van der Waals surface area (Å²) in [6.45, 7) is 2.20. The van der Waals surface area contributed by atoms with Gasteiger partial charge in [0.15, 0.2) is 0 Å². The average molecular weight is 233 g/mol. The Bertz CT molecular complexity index is 306. The summed E-state index contributed by atoms with van der Waals surface area (Å²) in [7, 11) is 0. The van der Waals surface area contributed by atoms with E-state index in [0.717, 1.165) is 12.8 Å². The predicted molar refractivity (Wildman–Crippen MR) is 69.8 cm³/mol. The van der Waals surface area contributed by atoms with Gasteiger partial charge in [0.1, 0.15) is 5.75 Å². The van der Waals surface area contributed by atoms with E-state index in [1.807, 2.05) is 18.2 Å². The maximum Gasteiger partial charge on any atom is 0.315 e. The summed E-state index contributed by atoms with van der Waals surface area (Å²) in [5, 5.41) is 0. The highest BCUT2D eigenvalue weighted by Gasteiger charge is 2.04. The number of para-hydroxylation sites is 1. The summed E-state index contributed by atoms with van der Waals surface area (Å²) in [5.41, 5.74) is 0. The summed E-state index contributed by atoms with van der Waals surface area (Å²) in [4.78, 5) is 11.4. The lowest BCUT2D eigenvalue weighted by molar-refractivity contribution is -0.130. The van der Waals surface area contributed by atoms with Crippen LogP contribution in [-0.2, 0) is 4.79 Å². The molecule has 2 nitrogen and oxygen atoms in total. The lowest BCUT2D eigenvalue weighted by Gasteiger charge is -2.03. The highest BCUT2D eigenvalue weighted by molar-refractivity contribution is 5.80. The van der Waals surface area contributed by atoms with Crippen molar-refractivity contribution in [3.05, 3.63) is 36.8 Å². The lowest BCUT2D eigenvalue weighted by atomic mass is 10.1. The Balaban J connectivity index is 2.06. The first-order chi connectivity index (χ1) is 8.33. The number of unbranched alkanes of at least 4 members (excludes halogenated alkanes) is 5. The quantitative estimate of drug-likeness (QED) is 0.383. The Morgan fingerprint density at radius 1 is 1.12 bits per heavy atom. The minimum Gasteiger partial charge on any atom is -0.426 e. The number of carbonyl (C=O) groups excluding carboxylic acids is 1. The Kier molecular flexibility index (Phi) is 7.12. The van der Waals surface area contributed by atoms with Crippen molar-refractivity contribution in [3.8, 4) is 5.75 Å². The Labute approximate surface area is 104 Å². The van der Waals surface area contributed by atoms with Gasteiger partial charge in [0, 0.05) is 0 Å². The first kappa shape index (κ1) is 13.8. The maximum absolute atomic E-state index is 11.4. The van der Waals surface area contributed by atoms with Gasteiger partial charge in [0.25, 0.3) is 0 Å². The smallest absolute Gasteiger partial charge is 0.315 e. The Morgan fingerprint density at radius 3 is 2.53 bits per heavy atom. The molecule has 1 rings (SSSR count). The molecule has 0 saturated heterocycles. The largest absolute Gasteiger partial charge is 0.426 e. The van der Waals surface area contributed by atoms with E-state index in [9.17, 15) is 4.79 Å². The van der Waals surface area contributed by atoms with E-state index < -0.39 is 0 Å². The van der Waals surface area contributed by atoms with Crippen LogP contribution in [0.3, 0.4) is 0 Å². The third-order valence-electron chi connectivity index (χ3n) is 2.58. The molecule has 0 unspecified atom stereocenters. The van der Waals surface area contributed by atoms with Crippen LogP contribution in [0.2, 0.25) is 0 Å². The van der Waals surface area contributed by atoms with Crippen molar-refractivity contribution >= 4 is 5.97 Å². The van der Waals surface area contributed by atoms with Gasteiger partial charge >= 0.3 is 5.97 Å². The first-order valence-electron chi connectivity index (χ1n) is 6.43. The number of hydrogen-bond acceptors (Lipinski definition) is 2. The van der Waals surface area contributed by atoms with E-state index >= 15 is 0 Å². The van der Waals surface area contributed by atoms with E-state index in [-0.39, 0.29) is 5.97 Å². The molecule has 0 bridgehead atoms. The highest BCUT2D eigenvalue weighted by atomic mass is 16.5. The maximum atomic E-state index is 11.4. The summed E-state index contributed by atoms with van der Waals surface area (Å²) in [6.07, 6.45) is 8.52. The number of esters is 1. The number of benzene rings is 1. The highest BCUT2D eigenvalue weighted by Crippen LogP contribution is 2.11. The fraction of sp³-hybridized carbons (Fsp3) is 0.467. The minimum absolute atomic E-state index is 0.244. The number of ether oxygens (including phenoxy) is 1. The number of carbonyl (C=O) groups is 1. The molecule has 0 aliphatic carbocycles. The molecule has 1 radical (unpaired) electrons. The topological polar surface area (TPSA) is 26.3 Å². The van der Waals surface area contributed by atoms with Gasteiger partial charge in [-0.05, 0) is 18.6 Å². The van der Waals surface area contributed by atoms with Gasteiger partial charge in [-0.3, -0.25) is 4.79 Å². The molecule has 17 heavy (non-hydrogen) atoms. The van der Waals surface area contributed by atoms with Crippen LogP contribution in [0.15, 0.2) is 30.3 Å². The molecule has 0 aliphatic heterocycles. The standard InChI is InChI=1S/C15H21O2/c1-2-3-4-5-6-10-13-15(16)17-14-11-8-7-9-12-14/h7-9,11-13H,2-6,10H2,1H3. The van der Waals surface area contributed by atoms with Crippen LogP contribution in [0.5, 0.6) is 5.75 Å². The number of rotatable bonds is 8. The monoisotopic (exact) mass is 233 g/mol. The molecular formula is C15H21O2.